The fourth-order valence-corrected chi connectivity index (χ4v) is 1.93. The van der Waals surface area contributed by atoms with Gasteiger partial charge in [-0.05, 0) is 46.5 Å². The first-order valence-corrected chi connectivity index (χ1v) is 4.89. The van der Waals surface area contributed by atoms with Gasteiger partial charge < -0.3 is 11.1 Å². The zero-order chi connectivity index (χ0) is 8.55. The number of nitrogens with two attached hydrogens (primary N) is 1. The summed E-state index contributed by atoms with van der Waals surface area (Å²) in [4.78, 5) is 0. The maximum absolute atomic E-state index is 5.92. The molecule has 1 heterocycles. The molecule has 0 atom stereocenters. The van der Waals surface area contributed by atoms with Gasteiger partial charge in [-0.15, -0.1) is 0 Å². The monoisotopic (exact) mass is 226 g/mol. The van der Waals surface area contributed by atoms with Gasteiger partial charge in [0.1, 0.15) is 0 Å². The molecule has 0 fully saturated rings. The molecule has 64 valence electrons. The van der Waals surface area contributed by atoms with E-state index in [9.17, 15) is 0 Å². The molecule has 0 radical (unpaired) electrons. The molecule has 2 nitrogen and oxygen atoms in total. The zero-order valence-corrected chi connectivity index (χ0v) is 8.32. The summed E-state index contributed by atoms with van der Waals surface area (Å²) in [5.74, 6) is 0. The average Bonchev–Trinajstić information content (AvgIpc) is 2.12. The van der Waals surface area contributed by atoms with Crippen LogP contribution in [-0.2, 0) is 6.42 Å². The molecular formula is C9H11BrN2. The molecule has 1 aliphatic rings. The lowest BCUT2D eigenvalue weighted by Crippen LogP contribution is -2.13. The second-order valence-electron chi connectivity index (χ2n) is 3.02. The van der Waals surface area contributed by atoms with Crippen LogP contribution < -0.4 is 11.1 Å². The van der Waals surface area contributed by atoms with Gasteiger partial charge in [0.2, 0.25) is 0 Å². The van der Waals surface area contributed by atoms with Crippen molar-refractivity contribution in [3.8, 4) is 0 Å². The minimum absolute atomic E-state index is 0.889. The van der Waals surface area contributed by atoms with Crippen LogP contribution in [0.3, 0.4) is 0 Å². The highest BCUT2D eigenvalue weighted by molar-refractivity contribution is 9.10. The second kappa shape index (κ2) is 2.98. The Balaban J connectivity index is 2.54. The van der Waals surface area contributed by atoms with E-state index >= 15 is 0 Å². The predicted octanol–water partition coefficient (Wildman–Crippen LogP) is 2.39. The molecule has 0 aromatic heterocycles. The van der Waals surface area contributed by atoms with Gasteiger partial charge in [0.25, 0.3) is 0 Å². The van der Waals surface area contributed by atoms with Crippen molar-refractivity contribution in [1.82, 2.24) is 0 Å². The summed E-state index contributed by atoms with van der Waals surface area (Å²) in [6.07, 6.45) is 2.27. The topological polar surface area (TPSA) is 38.0 Å². The Morgan fingerprint density at radius 3 is 3.08 bits per heavy atom. The fraction of sp³-hybridized carbons (Fsp3) is 0.333. The quantitative estimate of drug-likeness (QED) is 0.668. The minimum atomic E-state index is 0.889. The SMILES string of the molecule is Nc1c(Br)ccc2c1CCCN2. The molecule has 0 saturated heterocycles. The van der Waals surface area contributed by atoms with Crippen LogP contribution in [-0.4, -0.2) is 6.54 Å². The van der Waals surface area contributed by atoms with Gasteiger partial charge >= 0.3 is 0 Å². The van der Waals surface area contributed by atoms with Crippen LogP contribution in [0.25, 0.3) is 0 Å². The van der Waals surface area contributed by atoms with Gasteiger partial charge in [-0.2, -0.15) is 0 Å². The predicted molar refractivity (Wildman–Crippen MR) is 55.4 cm³/mol. The molecular weight excluding hydrogens is 216 g/mol. The Morgan fingerprint density at radius 1 is 1.42 bits per heavy atom. The van der Waals surface area contributed by atoms with Crippen LogP contribution in [0.1, 0.15) is 12.0 Å². The van der Waals surface area contributed by atoms with Gasteiger partial charge in [0.15, 0.2) is 0 Å². The molecule has 3 N–H and O–H groups in total. The first-order chi connectivity index (χ1) is 5.79. The molecule has 0 saturated carbocycles. The smallest absolute Gasteiger partial charge is 0.0511 e. The van der Waals surface area contributed by atoms with E-state index in [0.29, 0.717) is 0 Å². The number of halogens is 1. The van der Waals surface area contributed by atoms with E-state index in [2.05, 4.69) is 27.3 Å². The van der Waals surface area contributed by atoms with Crippen LogP contribution in [0.2, 0.25) is 0 Å². The van der Waals surface area contributed by atoms with Gasteiger partial charge in [0.05, 0.1) is 5.69 Å². The highest BCUT2D eigenvalue weighted by Gasteiger charge is 2.12. The third kappa shape index (κ3) is 1.18. The number of hydrogen-bond donors (Lipinski definition) is 2. The number of hydrogen-bond acceptors (Lipinski definition) is 2. The second-order valence-corrected chi connectivity index (χ2v) is 3.87. The first kappa shape index (κ1) is 7.92. The Kier molecular flexibility index (Phi) is 1.97. The van der Waals surface area contributed by atoms with E-state index in [0.717, 1.165) is 23.1 Å². The standard InChI is InChI=1S/C9H11BrN2/c10-7-3-4-8-6(9(7)11)2-1-5-12-8/h3-4,12H,1-2,5,11H2. The van der Waals surface area contributed by atoms with Crippen molar-refractivity contribution in [2.24, 2.45) is 0 Å². The van der Waals surface area contributed by atoms with E-state index in [1.54, 1.807) is 0 Å². The molecule has 0 spiro atoms. The van der Waals surface area contributed by atoms with E-state index in [1.165, 1.54) is 17.7 Å². The number of nitrogen functional groups attached to an aromatic ring is 1. The van der Waals surface area contributed by atoms with Crippen LogP contribution in [0, 0.1) is 0 Å². The molecule has 0 amide bonds. The Morgan fingerprint density at radius 2 is 2.25 bits per heavy atom. The summed E-state index contributed by atoms with van der Waals surface area (Å²) in [7, 11) is 0. The molecule has 1 aliphatic heterocycles. The largest absolute Gasteiger partial charge is 0.398 e. The van der Waals surface area contributed by atoms with Crippen LogP contribution in [0.15, 0.2) is 16.6 Å². The van der Waals surface area contributed by atoms with Crippen LogP contribution in [0.4, 0.5) is 11.4 Å². The van der Waals surface area contributed by atoms with Crippen LogP contribution >= 0.6 is 15.9 Å². The van der Waals surface area contributed by atoms with Crippen molar-refractivity contribution >= 4 is 27.3 Å². The average molecular weight is 227 g/mol. The van der Waals surface area contributed by atoms with Gasteiger partial charge in [-0.3, -0.25) is 0 Å². The normalized spacial score (nSPS) is 15.1. The first-order valence-electron chi connectivity index (χ1n) is 4.10. The summed E-state index contributed by atoms with van der Waals surface area (Å²) in [5.41, 5.74) is 9.26. The fourth-order valence-electron chi connectivity index (χ4n) is 1.56. The maximum atomic E-state index is 5.92. The molecule has 12 heavy (non-hydrogen) atoms. The molecule has 0 aliphatic carbocycles. The maximum Gasteiger partial charge on any atom is 0.0511 e. The van der Waals surface area contributed by atoms with Crippen molar-refractivity contribution in [2.45, 2.75) is 12.8 Å². The van der Waals surface area contributed by atoms with E-state index in [4.69, 9.17) is 5.73 Å². The van der Waals surface area contributed by atoms with Crippen molar-refractivity contribution < 1.29 is 0 Å². The summed E-state index contributed by atoms with van der Waals surface area (Å²) in [5, 5.41) is 3.33. The van der Waals surface area contributed by atoms with Crippen LogP contribution in [0.5, 0.6) is 0 Å². The zero-order valence-electron chi connectivity index (χ0n) is 6.73. The highest BCUT2D eigenvalue weighted by atomic mass is 79.9. The number of rotatable bonds is 0. The highest BCUT2D eigenvalue weighted by Crippen LogP contribution is 2.32. The lowest BCUT2D eigenvalue weighted by Gasteiger charge is -2.19. The lowest BCUT2D eigenvalue weighted by atomic mass is 10.0. The van der Waals surface area contributed by atoms with Gasteiger partial charge in [-0.25, -0.2) is 0 Å². The Bertz CT molecular complexity index is 310. The minimum Gasteiger partial charge on any atom is -0.398 e. The van der Waals surface area contributed by atoms with Gasteiger partial charge in [0, 0.05) is 16.7 Å². The van der Waals surface area contributed by atoms with E-state index in [-0.39, 0.29) is 0 Å². The van der Waals surface area contributed by atoms with Crippen molar-refractivity contribution in [3.63, 3.8) is 0 Å². The Hall–Kier alpha value is -0.700. The van der Waals surface area contributed by atoms with Crippen molar-refractivity contribution in [1.29, 1.82) is 0 Å². The number of nitrogens with one attached hydrogen (secondary N) is 1. The van der Waals surface area contributed by atoms with Crippen molar-refractivity contribution in [2.75, 3.05) is 17.6 Å². The summed E-state index contributed by atoms with van der Waals surface area (Å²) in [6.45, 7) is 1.06. The number of benzene rings is 1. The van der Waals surface area contributed by atoms with Gasteiger partial charge in [-0.1, -0.05) is 0 Å². The molecule has 3 heteroatoms. The molecule has 2 rings (SSSR count). The molecule has 1 aromatic rings. The molecule has 0 bridgehead atoms. The Labute approximate surface area is 80.3 Å². The number of fused-ring (bicyclic) bond motifs is 1. The summed E-state index contributed by atoms with van der Waals surface area (Å²) >= 11 is 3.42. The third-order valence-electron chi connectivity index (χ3n) is 2.22. The lowest BCUT2D eigenvalue weighted by molar-refractivity contribution is 0.832. The molecule has 0 unspecified atom stereocenters. The summed E-state index contributed by atoms with van der Waals surface area (Å²) < 4.78 is 1.00. The van der Waals surface area contributed by atoms with E-state index in [1.807, 2.05) is 6.07 Å². The van der Waals surface area contributed by atoms with Crippen molar-refractivity contribution in [3.05, 3.63) is 22.2 Å². The summed E-state index contributed by atoms with van der Waals surface area (Å²) in [6, 6.07) is 4.07. The third-order valence-corrected chi connectivity index (χ3v) is 2.91. The van der Waals surface area contributed by atoms with E-state index < -0.39 is 0 Å². The molecule has 1 aromatic carbocycles. The number of anilines is 2.